The first kappa shape index (κ1) is 24.9. The van der Waals surface area contributed by atoms with Gasteiger partial charge in [-0.25, -0.2) is 4.79 Å². The van der Waals surface area contributed by atoms with Gasteiger partial charge in [0.15, 0.2) is 18.1 Å². The van der Waals surface area contributed by atoms with Gasteiger partial charge in [0.1, 0.15) is 11.4 Å². The van der Waals surface area contributed by atoms with Gasteiger partial charge in [0, 0.05) is 23.6 Å². The number of aliphatic carboxylic acids is 1. The number of rotatable bonds is 6. The number of hydrogen-bond acceptors (Lipinski definition) is 6. The summed E-state index contributed by atoms with van der Waals surface area (Å²) in [4.78, 5) is 13.4. The van der Waals surface area contributed by atoms with Crippen molar-refractivity contribution in [3.8, 4) is 17.2 Å². The molecule has 0 amide bonds. The molecule has 1 N–H and O–H groups in total. The van der Waals surface area contributed by atoms with Gasteiger partial charge in [0.05, 0.1) is 19.3 Å². The van der Waals surface area contributed by atoms with Crippen molar-refractivity contribution in [2.24, 2.45) is 11.3 Å². The van der Waals surface area contributed by atoms with E-state index in [4.69, 9.17) is 24.1 Å². The molecule has 0 radical (unpaired) electrons. The van der Waals surface area contributed by atoms with Crippen molar-refractivity contribution in [2.75, 3.05) is 26.8 Å². The molecule has 0 saturated carbocycles. The quantitative estimate of drug-likeness (QED) is 0.599. The number of ether oxygens (including phenoxy) is 4. The zero-order chi connectivity index (χ0) is 25.5. The fraction of sp³-hybridized carbons (Fsp3) is 0.552. The second kappa shape index (κ2) is 9.60. The van der Waals surface area contributed by atoms with E-state index in [-0.39, 0.29) is 35.7 Å². The standard InChI is InChI=1S/C29H37NO6/c1-19-29(12-14-30(15-13-29)17-20-8-5-6-10-23(20)34-18-25(31)32)16-22-26(35-19)21-9-7-11-24(33-4)27(21)36-28(22,2)3/h5-11,19,22,26H,12-18H2,1-4H3,(H,31,32)/t19-,22-,26+/m0/s1. The summed E-state index contributed by atoms with van der Waals surface area (Å²) in [5.41, 5.74) is 1.86. The molecular weight excluding hydrogens is 458 g/mol. The van der Waals surface area contributed by atoms with Crippen molar-refractivity contribution in [3.63, 3.8) is 0 Å². The van der Waals surface area contributed by atoms with E-state index in [0.717, 1.165) is 61.5 Å². The van der Waals surface area contributed by atoms with Gasteiger partial charge in [-0.2, -0.15) is 0 Å². The number of para-hydroxylation sites is 2. The molecule has 3 aliphatic heterocycles. The van der Waals surface area contributed by atoms with E-state index < -0.39 is 5.97 Å². The highest BCUT2D eigenvalue weighted by atomic mass is 16.5. The van der Waals surface area contributed by atoms with Gasteiger partial charge in [-0.3, -0.25) is 4.90 Å². The van der Waals surface area contributed by atoms with Crippen molar-refractivity contribution in [1.29, 1.82) is 0 Å². The molecule has 194 valence electrons. The highest BCUT2D eigenvalue weighted by Gasteiger charge is 2.55. The maximum Gasteiger partial charge on any atom is 0.341 e. The third-order valence-corrected chi connectivity index (χ3v) is 8.57. The van der Waals surface area contributed by atoms with Gasteiger partial charge >= 0.3 is 5.97 Å². The van der Waals surface area contributed by atoms with E-state index >= 15 is 0 Å². The second-order valence-electron chi connectivity index (χ2n) is 11.0. The van der Waals surface area contributed by atoms with E-state index in [1.807, 2.05) is 36.4 Å². The molecule has 2 fully saturated rings. The minimum absolute atomic E-state index is 0.00392. The Hall–Kier alpha value is -2.77. The monoisotopic (exact) mass is 495 g/mol. The topological polar surface area (TPSA) is 77.5 Å². The smallest absolute Gasteiger partial charge is 0.341 e. The number of likely N-dealkylation sites (tertiary alicyclic amines) is 1. The number of carboxylic acid groups (broad SMARTS) is 1. The first-order chi connectivity index (χ1) is 17.2. The van der Waals surface area contributed by atoms with Crippen LogP contribution in [0.25, 0.3) is 0 Å². The third-order valence-electron chi connectivity index (χ3n) is 8.57. The first-order valence-corrected chi connectivity index (χ1v) is 12.9. The van der Waals surface area contributed by atoms with Crippen LogP contribution in [0.5, 0.6) is 17.2 Å². The van der Waals surface area contributed by atoms with Gasteiger partial charge in [-0.05, 0) is 70.7 Å². The minimum Gasteiger partial charge on any atom is -0.493 e. The number of fused-ring (bicyclic) bond motifs is 3. The van der Waals surface area contributed by atoms with Crippen molar-refractivity contribution in [3.05, 3.63) is 53.6 Å². The molecule has 3 aliphatic rings. The average Bonchev–Trinajstić information content (AvgIpc) is 2.85. The van der Waals surface area contributed by atoms with Gasteiger partial charge in [-0.15, -0.1) is 0 Å². The lowest BCUT2D eigenvalue weighted by atomic mass is 9.61. The van der Waals surface area contributed by atoms with Crippen LogP contribution in [0.4, 0.5) is 0 Å². The fourth-order valence-corrected chi connectivity index (χ4v) is 6.36. The van der Waals surface area contributed by atoms with Crippen molar-refractivity contribution >= 4 is 5.97 Å². The number of carbonyl (C=O) groups is 1. The van der Waals surface area contributed by atoms with E-state index in [9.17, 15) is 4.79 Å². The van der Waals surface area contributed by atoms with E-state index in [1.165, 1.54) is 0 Å². The Morgan fingerprint density at radius 3 is 2.56 bits per heavy atom. The molecule has 36 heavy (non-hydrogen) atoms. The van der Waals surface area contributed by atoms with Crippen LogP contribution in [0, 0.1) is 11.3 Å². The highest BCUT2D eigenvalue weighted by Crippen LogP contribution is 2.59. The van der Waals surface area contributed by atoms with Crippen LogP contribution in [0.15, 0.2) is 42.5 Å². The summed E-state index contributed by atoms with van der Waals surface area (Å²) in [5, 5.41) is 8.99. The molecule has 2 aromatic rings. The third kappa shape index (κ3) is 4.55. The second-order valence-corrected chi connectivity index (χ2v) is 11.0. The summed E-state index contributed by atoms with van der Waals surface area (Å²) in [5.74, 6) is 1.51. The maximum absolute atomic E-state index is 11.0. The zero-order valence-electron chi connectivity index (χ0n) is 21.7. The van der Waals surface area contributed by atoms with Crippen LogP contribution in [-0.2, 0) is 16.1 Å². The number of benzene rings is 2. The van der Waals surface area contributed by atoms with Gasteiger partial charge in [0.2, 0.25) is 0 Å². The normalized spacial score (nSPS) is 26.4. The Kier molecular flexibility index (Phi) is 6.64. The van der Waals surface area contributed by atoms with E-state index in [2.05, 4.69) is 31.7 Å². The Labute approximate surface area is 213 Å². The summed E-state index contributed by atoms with van der Waals surface area (Å²) in [6.45, 7) is 8.93. The molecule has 7 nitrogen and oxygen atoms in total. The number of hydrogen-bond donors (Lipinski definition) is 1. The lowest BCUT2D eigenvalue weighted by molar-refractivity contribution is -0.210. The van der Waals surface area contributed by atoms with Gasteiger partial charge < -0.3 is 24.1 Å². The Morgan fingerprint density at radius 2 is 1.83 bits per heavy atom. The minimum atomic E-state index is -0.968. The molecular formula is C29H37NO6. The Morgan fingerprint density at radius 1 is 1.11 bits per heavy atom. The van der Waals surface area contributed by atoms with E-state index in [1.54, 1.807) is 7.11 Å². The van der Waals surface area contributed by atoms with Crippen LogP contribution in [0.1, 0.15) is 57.3 Å². The summed E-state index contributed by atoms with van der Waals surface area (Å²) < 4.78 is 24.5. The predicted molar refractivity (Wildman–Crippen MR) is 136 cm³/mol. The molecule has 3 heterocycles. The Balaban J connectivity index is 1.30. The summed E-state index contributed by atoms with van der Waals surface area (Å²) in [7, 11) is 1.68. The zero-order valence-corrected chi connectivity index (χ0v) is 21.7. The van der Waals surface area contributed by atoms with Crippen LogP contribution in [0.2, 0.25) is 0 Å². The molecule has 2 aromatic carbocycles. The molecule has 7 heteroatoms. The van der Waals surface area contributed by atoms with Crippen molar-refractivity contribution in [1.82, 2.24) is 4.90 Å². The Bertz CT molecular complexity index is 1110. The number of carboxylic acids is 1. The van der Waals surface area contributed by atoms with Crippen LogP contribution < -0.4 is 14.2 Å². The molecule has 0 unspecified atom stereocenters. The molecule has 2 saturated heterocycles. The van der Waals surface area contributed by atoms with Crippen LogP contribution in [0.3, 0.4) is 0 Å². The number of nitrogens with zero attached hydrogens (tertiary/aromatic N) is 1. The molecule has 0 aromatic heterocycles. The van der Waals surface area contributed by atoms with Gasteiger partial charge in [0.25, 0.3) is 0 Å². The predicted octanol–water partition coefficient (Wildman–Crippen LogP) is 5.08. The average molecular weight is 496 g/mol. The van der Waals surface area contributed by atoms with Gasteiger partial charge in [-0.1, -0.05) is 30.3 Å². The summed E-state index contributed by atoms with van der Waals surface area (Å²) in [6.07, 6.45) is 3.30. The highest BCUT2D eigenvalue weighted by molar-refractivity contribution is 5.68. The molecule has 0 aliphatic carbocycles. The fourth-order valence-electron chi connectivity index (χ4n) is 6.36. The van der Waals surface area contributed by atoms with Crippen LogP contribution >= 0.6 is 0 Å². The summed E-state index contributed by atoms with van der Waals surface area (Å²) in [6, 6.07) is 13.8. The van der Waals surface area contributed by atoms with Crippen LogP contribution in [-0.4, -0.2) is 54.5 Å². The molecule has 5 rings (SSSR count). The summed E-state index contributed by atoms with van der Waals surface area (Å²) >= 11 is 0. The molecule has 1 spiro atoms. The lowest BCUT2D eigenvalue weighted by Crippen LogP contribution is -2.57. The van der Waals surface area contributed by atoms with Crippen molar-refractivity contribution in [2.45, 2.75) is 64.4 Å². The first-order valence-electron chi connectivity index (χ1n) is 12.9. The van der Waals surface area contributed by atoms with E-state index in [0.29, 0.717) is 5.75 Å². The number of methoxy groups -OCH3 is 1. The maximum atomic E-state index is 11.0. The van der Waals surface area contributed by atoms with Crippen molar-refractivity contribution < 1.29 is 28.8 Å². The SMILES string of the molecule is COc1cccc2c1OC(C)(C)[C@H]1CC3(CCN(Cc4ccccc4OCC(=O)O)CC3)[C@H](C)O[C@H]21. The molecule has 3 atom stereocenters. The molecule has 0 bridgehead atoms. The number of piperidine rings is 1. The lowest BCUT2D eigenvalue weighted by Gasteiger charge is -2.57. The largest absolute Gasteiger partial charge is 0.493 e.